The molecule has 0 spiro atoms. The standard InChI is InChI=1S/C25H29N5O3/c1-25(2,3)33-24(32)28-30-16-14-29(15-17-30)23(31)19-11-8-18(9-12-19)10-13-22-20-6-4-5-7-21(20)26-27-22/h4-13H,14-17H2,1-3H3,(H,26,27)(H,28,32). The monoisotopic (exact) mass is 447 g/mol. The van der Waals surface area contributed by atoms with Crippen LogP contribution in [-0.4, -0.2) is 63.9 Å². The Labute approximate surface area is 193 Å². The maximum atomic E-state index is 12.9. The minimum atomic E-state index is -0.546. The molecule has 4 rings (SSSR count). The lowest BCUT2D eigenvalue weighted by molar-refractivity contribution is 0.0221. The van der Waals surface area contributed by atoms with E-state index in [1.807, 2.05) is 81.5 Å². The Bertz CT molecular complexity index is 1150. The number of aromatic amines is 1. The van der Waals surface area contributed by atoms with Gasteiger partial charge in [-0.25, -0.2) is 9.80 Å². The van der Waals surface area contributed by atoms with Crippen LogP contribution in [0.25, 0.3) is 23.1 Å². The summed E-state index contributed by atoms with van der Waals surface area (Å²) < 4.78 is 5.28. The van der Waals surface area contributed by atoms with Gasteiger partial charge in [0.05, 0.1) is 11.2 Å². The Morgan fingerprint density at radius 1 is 1.00 bits per heavy atom. The van der Waals surface area contributed by atoms with Crippen LogP contribution in [0.5, 0.6) is 0 Å². The van der Waals surface area contributed by atoms with E-state index in [1.165, 1.54) is 0 Å². The van der Waals surface area contributed by atoms with Gasteiger partial charge in [0.15, 0.2) is 0 Å². The molecule has 0 saturated carbocycles. The van der Waals surface area contributed by atoms with Crippen LogP contribution in [-0.2, 0) is 4.74 Å². The van der Waals surface area contributed by atoms with Crippen molar-refractivity contribution in [1.82, 2.24) is 25.5 Å². The van der Waals surface area contributed by atoms with Gasteiger partial charge in [-0.3, -0.25) is 15.3 Å². The van der Waals surface area contributed by atoms with Crippen molar-refractivity contribution in [2.75, 3.05) is 26.2 Å². The maximum absolute atomic E-state index is 12.9. The van der Waals surface area contributed by atoms with E-state index in [0.717, 1.165) is 22.2 Å². The van der Waals surface area contributed by atoms with E-state index >= 15 is 0 Å². The summed E-state index contributed by atoms with van der Waals surface area (Å²) in [5, 5.41) is 10.2. The summed E-state index contributed by atoms with van der Waals surface area (Å²) in [4.78, 5) is 26.6. The van der Waals surface area contributed by atoms with E-state index in [0.29, 0.717) is 31.7 Å². The topological polar surface area (TPSA) is 90.6 Å². The van der Waals surface area contributed by atoms with Gasteiger partial charge < -0.3 is 9.64 Å². The van der Waals surface area contributed by atoms with Gasteiger partial charge in [0.25, 0.3) is 5.91 Å². The van der Waals surface area contributed by atoms with E-state index in [-0.39, 0.29) is 5.91 Å². The fourth-order valence-electron chi connectivity index (χ4n) is 3.66. The van der Waals surface area contributed by atoms with E-state index in [1.54, 1.807) is 9.91 Å². The summed E-state index contributed by atoms with van der Waals surface area (Å²) in [5.41, 5.74) is 5.70. The average molecular weight is 448 g/mol. The molecule has 0 unspecified atom stereocenters. The van der Waals surface area contributed by atoms with Crippen LogP contribution in [0, 0.1) is 0 Å². The van der Waals surface area contributed by atoms with E-state index in [9.17, 15) is 9.59 Å². The molecule has 33 heavy (non-hydrogen) atoms. The molecular weight excluding hydrogens is 418 g/mol. The van der Waals surface area contributed by atoms with Crippen LogP contribution in [0.4, 0.5) is 4.79 Å². The van der Waals surface area contributed by atoms with Crippen molar-refractivity contribution in [2.45, 2.75) is 26.4 Å². The van der Waals surface area contributed by atoms with Crippen molar-refractivity contribution in [3.8, 4) is 0 Å². The molecule has 1 aliphatic rings. The van der Waals surface area contributed by atoms with Crippen molar-refractivity contribution in [2.24, 2.45) is 0 Å². The highest BCUT2D eigenvalue weighted by Gasteiger charge is 2.24. The number of carbonyl (C=O) groups excluding carboxylic acids is 2. The van der Waals surface area contributed by atoms with Crippen molar-refractivity contribution in [1.29, 1.82) is 0 Å². The van der Waals surface area contributed by atoms with Gasteiger partial charge in [-0.1, -0.05) is 36.4 Å². The first kappa shape index (κ1) is 22.5. The second-order valence-electron chi connectivity index (χ2n) is 9.00. The molecule has 0 atom stereocenters. The Morgan fingerprint density at radius 2 is 1.70 bits per heavy atom. The summed E-state index contributed by atoms with van der Waals surface area (Å²) in [6.07, 6.45) is 3.47. The Hall–Kier alpha value is -3.65. The van der Waals surface area contributed by atoms with Crippen molar-refractivity contribution >= 4 is 35.1 Å². The molecule has 1 aromatic heterocycles. The molecule has 3 aromatic rings. The van der Waals surface area contributed by atoms with Crippen molar-refractivity contribution < 1.29 is 14.3 Å². The number of benzene rings is 2. The van der Waals surface area contributed by atoms with Gasteiger partial charge in [0.1, 0.15) is 5.60 Å². The van der Waals surface area contributed by atoms with Gasteiger partial charge in [-0.15, -0.1) is 0 Å². The lowest BCUT2D eigenvalue weighted by atomic mass is 10.1. The van der Waals surface area contributed by atoms with Crippen molar-refractivity contribution in [3.05, 3.63) is 65.4 Å². The second kappa shape index (κ2) is 9.46. The third kappa shape index (κ3) is 5.78. The molecule has 8 heteroatoms. The number of aromatic nitrogens is 2. The molecule has 2 heterocycles. The number of nitrogens with zero attached hydrogens (tertiary/aromatic N) is 3. The predicted octanol–water partition coefficient (Wildman–Crippen LogP) is 3.93. The molecule has 0 radical (unpaired) electrons. The van der Waals surface area contributed by atoms with Gasteiger partial charge >= 0.3 is 6.09 Å². The van der Waals surface area contributed by atoms with Gasteiger partial charge in [-0.2, -0.15) is 5.10 Å². The number of ether oxygens (including phenoxy) is 1. The lowest BCUT2D eigenvalue weighted by Crippen LogP contribution is -2.55. The highest BCUT2D eigenvalue weighted by Crippen LogP contribution is 2.18. The molecule has 1 fully saturated rings. The number of carbonyl (C=O) groups is 2. The third-order valence-electron chi connectivity index (χ3n) is 5.31. The third-order valence-corrected chi connectivity index (χ3v) is 5.31. The van der Waals surface area contributed by atoms with Gasteiger partial charge in [0.2, 0.25) is 0 Å². The minimum Gasteiger partial charge on any atom is -0.443 e. The Balaban J connectivity index is 1.31. The molecule has 2 amide bonds. The predicted molar refractivity (Wildman–Crippen MR) is 128 cm³/mol. The first-order valence-electron chi connectivity index (χ1n) is 11.0. The van der Waals surface area contributed by atoms with Crippen molar-refractivity contribution in [3.63, 3.8) is 0 Å². The zero-order valence-corrected chi connectivity index (χ0v) is 19.2. The quantitative estimate of drug-likeness (QED) is 0.632. The Kier molecular flexibility index (Phi) is 6.46. The number of hydrazine groups is 1. The van der Waals surface area contributed by atoms with E-state index in [4.69, 9.17) is 4.74 Å². The number of rotatable bonds is 4. The fourth-order valence-corrected chi connectivity index (χ4v) is 3.66. The molecule has 0 bridgehead atoms. The molecule has 0 aliphatic carbocycles. The number of hydrogen-bond donors (Lipinski definition) is 2. The highest BCUT2D eigenvalue weighted by atomic mass is 16.6. The van der Waals surface area contributed by atoms with E-state index in [2.05, 4.69) is 15.6 Å². The molecule has 172 valence electrons. The molecular formula is C25H29N5O3. The summed E-state index contributed by atoms with van der Waals surface area (Å²) in [6, 6.07) is 15.5. The van der Waals surface area contributed by atoms with Crippen LogP contribution in [0.15, 0.2) is 48.5 Å². The summed E-state index contributed by atoms with van der Waals surface area (Å²) in [6.45, 7) is 7.62. The molecule has 8 nitrogen and oxygen atoms in total. The number of hydrogen-bond acceptors (Lipinski definition) is 5. The number of para-hydroxylation sites is 1. The smallest absolute Gasteiger partial charge is 0.422 e. The van der Waals surface area contributed by atoms with E-state index < -0.39 is 11.7 Å². The van der Waals surface area contributed by atoms with Gasteiger partial charge in [-0.05, 0) is 50.6 Å². The van der Waals surface area contributed by atoms with Crippen LogP contribution in [0.3, 0.4) is 0 Å². The normalized spacial score (nSPS) is 15.2. The SMILES string of the molecule is CC(C)(C)OC(=O)NN1CCN(C(=O)c2ccc(C=Cc3n[nH]c4ccccc34)cc2)CC1. The van der Waals surface area contributed by atoms with Gasteiger partial charge in [0, 0.05) is 37.1 Å². The zero-order valence-electron chi connectivity index (χ0n) is 19.2. The average Bonchev–Trinajstić information content (AvgIpc) is 3.20. The van der Waals surface area contributed by atoms with Crippen LogP contribution >= 0.6 is 0 Å². The van der Waals surface area contributed by atoms with Crippen LogP contribution < -0.4 is 5.43 Å². The maximum Gasteiger partial charge on any atom is 0.422 e. The minimum absolute atomic E-state index is 0.0132. The molecule has 1 aliphatic heterocycles. The second-order valence-corrected chi connectivity index (χ2v) is 9.00. The molecule has 1 saturated heterocycles. The summed E-state index contributed by atoms with van der Waals surface area (Å²) >= 11 is 0. The first-order valence-corrected chi connectivity index (χ1v) is 11.0. The largest absolute Gasteiger partial charge is 0.443 e. The van der Waals surface area contributed by atoms with Crippen LogP contribution in [0.2, 0.25) is 0 Å². The lowest BCUT2D eigenvalue weighted by Gasteiger charge is -2.35. The fraction of sp³-hybridized carbons (Fsp3) is 0.320. The highest BCUT2D eigenvalue weighted by molar-refractivity contribution is 5.95. The number of H-pyrrole nitrogens is 1. The summed E-state index contributed by atoms with van der Waals surface area (Å²) in [7, 11) is 0. The van der Waals surface area contributed by atoms with Crippen LogP contribution in [0.1, 0.15) is 42.4 Å². The number of piperazine rings is 1. The number of amides is 2. The first-order chi connectivity index (χ1) is 15.8. The molecule has 2 aromatic carbocycles. The number of nitrogens with one attached hydrogen (secondary N) is 2. The zero-order chi connectivity index (χ0) is 23.4. The Morgan fingerprint density at radius 3 is 2.39 bits per heavy atom. The number of fused-ring (bicyclic) bond motifs is 1. The summed E-state index contributed by atoms with van der Waals surface area (Å²) in [5.74, 6) is -0.0132. The molecule has 2 N–H and O–H groups in total.